The molecule has 1 N–H and O–H groups in total. The topological polar surface area (TPSA) is 63.2 Å². The van der Waals surface area contributed by atoms with Gasteiger partial charge in [-0.2, -0.15) is 0 Å². The number of benzene rings is 6. The highest BCUT2D eigenvalue weighted by Gasteiger charge is 2.41. The second-order valence-corrected chi connectivity index (χ2v) is 15.2. The highest BCUT2D eigenvalue weighted by molar-refractivity contribution is 7.89. The summed E-state index contributed by atoms with van der Waals surface area (Å²) in [5.41, 5.74) is 5.29. The highest BCUT2D eigenvalue weighted by atomic mass is 35.5. The fraction of sp³-hybridized carbons (Fsp3) is 0.128. The van der Waals surface area contributed by atoms with Crippen molar-refractivity contribution in [1.29, 1.82) is 0 Å². The Bertz CT molecular complexity index is 2250. The largest absolute Gasteiger partial charge is 0.300 e. The molecule has 6 aromatic rings. The Kier molecular flexibility index (Phi) is 11.9. The molecule has 4 nitrogen and oxygen atoms in total. The van der Waals surface area contributed by atoms with Crippen LogP contribution in [0.4, 0.5) is 0 Å². The number of hydrogen-bond acceptors (Lipinski definition) is 3. The Morgan fingerprint density at radius 2 is 1.17 bits per heavy atom. The molecule has 6 heteroatoms. The van der Waals surface area contributed by atoms with Gasteiger partial charge in [0.25, 0.3) is 0 Å². The SMILES string of the molecule is CC(=O)[C@@H](CC(C#CC=C(c1ccccc1)c1ccccc1)(c1ccccc1)c1ccccc1)[C@H](NS(=O)(=O)c1ccc(C)cc1)c1ccc(Cl)cc1. The molecule has 6 aromatic carbocycles. The van der Waals surface area contributed by atoms with Crippen LogP contribution in [0.1, 0.15) is 52.8 Å². The number of halogens is 1. The molecule has 0 aliphatic heterocycles. The fourth-order valence-electron chi connectivity index (χ4n) is 6.67. The lowest BCUT2D eigenvalue weighted by molar-refractivity contribution is -0.122. The number of hydrogen-bond donors (Lipinski definition) is 1. The van der Waals surface area contributed by atoms with E-state index < -0.39 is 27.4 Å². The third-order valence-corrected chi connectivity index (χ3v) is 11.2. The average Bonchev–Trinajstić information content (AvgIpc) is 3.19. The number of ketones is 1. The Morgan fingerprint density at radius 3 is 1.64 bits per heavy atom. The number of nitrogens with one attached hydrogen (secondary N) is 1. The minimum absolute atomic E-state index is 0.112. The summed E-state index contributed by atoms with van der Waals surface area (Å²) in [6.45, 7) is 3.42. The van der Waals surface area contributed by atoms with Crippen molar-refractivity contribution in [2.45, 2.75) is 36.6 Å². The van der Waals surface area contributed by atoms with Crippen LogP contribution in [-0.2, 0) is 20.2 Å². The molecule has 0 amide bonds. The fourth-order valence-corrected chi connectivity index (χ4v) is 8.07. The second kappa shape index (κ2) is 16.9. The summed E-state index contributed by atoms with van der Waals surface area (Å²) in [7, 11) is -4.07. The van der Waals surface area contributed by atoms with Gasteiger partial charge in [0.15, 0.2) is 0 Å². The van der Waals surface area contributed by atoms with E-state index >= 15 is 0 Å². The van der Waals surface area contributed by atoms with Crippen LogP contribution in [0, 0.1) is 24.7 Å². The molecule has 264 valence electrons. The van der Waals surface area contributed by atoms with Gasteiger partial charge in [0.1, 0.15) is 5.78 Å². The van der Waals surface area contributed by atoms with Gasteiger partial charge in [-0.15, -0.1) is 0 Å². The van der Waals surface area contributed by atoms with Crippen molar-refractivity contribution in [1.82, 2.24) is 4.72 Å². The third kappa shape index (κ3) is 8.93. The van der Waals surface area contributed by atoms with Crippen molar-refractivity contribution < 1.29 is 13.2 Å². The molecule has 2 atom stereocenters. The van der Waals surface area contributed by atoms with E-state index in [9.17, 15) is 13.2 Å². The normalized spacial score (nSPS) is 12.5. The van der Waals surface area contributed by atoms with Crippen molar-refractivity contribution in [3.05, 3.63) is 214 Å². The van der Waals surface area contributed by atoms with Gasteiger partial charge in [-0.1, -0.05) is 175 Å². The molecule has 53 heavy (non-hydrogen) atoms. The summed E-state index contributed by atoms with van der Waals surface area (Å²) in [4.78, 5) is 14.2. The number of carbonyl (C=O) groups is 1. The standard InChI is InChI=1S/C47H40ClNO3S/c1-35-25-31-43(32-26-35)53(51,52)49-46(39-27-29-42(48)30-28-39)45(36(2)50)34-47(40-20-11-5-12-21-40,41-22-13-6-14-23-41)33-15-24-44(37-16-7-3-8-17-37)38-18-9-4-10-19-38/h3-14,16-32,45-46,49H,34H2,1-2H3/t45-,46-/m1/s1. The molecule has 0 bridgehead atoms. The van der Waals surface area contributed by atoms with Crippen LogP contribution >= 0.6 is 11.6 Å². The smallest absolute Gasteiger partial charge is 0.241 e. The van der Waals surface area contributed by atoms with Crippen molar-refractivity contribution in [2.75, 3.05) is 0 Å². The van der Waals surface area contributed by atoms with Gasteiger partial charge in [-0.05, 0) is 84.0 Å². The van der Waals surface area contributed by atoms with Crippen molar-refractivity contribution in [3.63, 3.8) is 0 Å². The Hall–Kier alpha value is -5.51. The molecule has 0 saturated heterocycles. The second-order valence-electron chi connectivity index (χ2n) is 13.1. The number of aryl methyl sites for hydroxylation is 1. The number of carbonyl (C=O) groups excluding carboxylic acids is 1. The zero-order valence-electron chi connectivity index (χ0n) is 29.6. The van der Waals surface area contributed by atoms with E-state index in [4.69, 9.17) is 11.6 Å². The summed E-state index contributed by atoms with van der Waals surface area (Å²) in [6, 6.07) is 52.7. The van der Waals surface area contributed by atoms with Crippen molar-refractivity contribution in [2.24, 2.45) is 5.92 Å². The molecule has 6 rings (SSSR count). The maximum Gasteiger partial charge on any atom is 0.241 e. The zero-order chi connectivity index (χ0) is 37.3. The third-order valence-electron chi connectivity index (χ3n) is 9.50. The first-order valence-electron chi connectivity index (χ1n) is 17.5. The Labute approximate surface area is 318 Å². The van der Waals surface area contributed by atoms with Gasteiger partial charge in [0.2, 0.25) is 10.0 Å². The number of allylic oxidation sites excluding steroid dienone is 1. The van der Waals surface area contributed by atoms with Crippen LogP contribution in [0.25, 0.3) is 5.57 Å². The first-order chi connectivity index (χ1) is 25.7. The minimum Gasteiger partial charge on any atom is -0.300 e. The first-order valence-corrected chi connectivity index (χ1v) is 19.3. The van der Waals surface area contributed by atoms with Crippen LogP contribution in [0.5, 0.6) is 0 Å². The molecular weight excluding hydrogens is 694 g/mol. The summed E-state index contributed by atoms with van der Waals surface area (Å²) < 4.78 is 31.1. The van der Waals surface area contributed by atoms with Crippen LogP contribution in [0.3, 0.4) is 0 Å². The molecule has 0 radical (unpaired) electrons. The Balaban J connectivity index is 1.56. The van der Waals surface area contributed by atoms with Gasteiger partial charge in [-0.3, -0.25) is 4.79 Å². The summed E-state index contributed by atoms with van der Waals surface area (Å²) >= 11 is 6.31. The predicted molar refractivity (Wildman–Crippen MR) is 216 cm³/mol. The molecule has 0 spiro atoms. The van der Waals surface area contributed by atoms with Gasteiger partial charge < -0.3 is 0 Å². The van der Waals surface area contributed by atoms with E-state index in [0.29, 0.717) is 10.6 Å². The van der Waals surface area contributed by atoms with Crippen molar-refractivity contribution >= 4 is 33.0 Å². The summed E-state index contributed by atoms with van der Waals surface area (Å²) in [5.74, 6) is 6.08. The van der Waals surface area contributed by atoms with Crippen LogP contribution < -0.4 is 4.72 Å². The lowest BCUT2D eigenvalue weighted by Crippen LogP contribution is -2.40. The maximum absolute atomic E-state index is 14.1. The van der Waals surface area contributed by atoms with Crippen LogP contribution in [-0.4, -0.2) is 14.2 Å². The number of sulfonamides is 1. The monoisotopic (exact) mass is 733 g/mol. The first kappa shape index (κ1) is 37.3. The van der Waals surface area contributed by atoms with E-state index in [0.717, 1.165) is 33.4 Å². The lowest BCUT2D eigenvalue weighted by atomic mass is 9.67. The maximum atomic E-state index is 14.1. The van der Waals surface area contributed by atoms with E-state index in [2.05, 4.69) is 40.8 Å². The summed E-state index contributed by atoms with van der Waals surface area (Å²) in [6.07, 6.45) is 2.11. The predicted octanol–water partition coefficient (Wildman–Crippen LogP) is 10.4. The van der Waals surface area contributed by atoms with Crippen LogP contribution in [0.15, 0.2) is 181 Å². The molecule has 0 fully saturated rings. The van der Waals surface area contributed by atoms with E-state index in [1.807, 2.05) is 110 Å². The zero-order valence-corrected chi connectivity index (χ0v) is 31.2. The molecular formula is C47H40ClNO3S. The minimum atomic E-state index is -4.07. The molecule has 0 aliphatic carbocycles. The Morgan fingerprint density at radius 1 is 0.698 bits per heavy atom. The van der Waals surface area contributed by atoms with Crippen molar-refractivity contribution in [3.8, 4) is 11.8 Å². The van der Waals surface area contributed by atoms with Gasteiger partial charge >= 0.3 is 0 Å². The number of Topliss-reactive ketones (excluding diaryl/α,β-unsaturated/α-hetero) is 1. The summed E-state index contributed by atoms with van der Waals surface area (Å²) in [5, 5.41) is 0.501. The van der Waals surface area contributed by atoms with Gasteiger partial charge in [0.05, 0.1) is 16.4 Å². The van der Waals surface area contributed by atoms with Gasteiger partial charge in [0, 0.05) is 10.9 Å². The number of rotatable bonds is 12. The van der Waals surface area contributed by atoms with E-state index in [1.54, 1.807) is 48.5 Å². The molecule has 0 aliphatic rings. The van der Waals surface area contributed by atoms with Gasteiger partial charge in [-0.25, -0.2) is 13.1 Å². The average molecular weight is 734 g/mol. The quantitative estimate of drug-likeness (QED) is 0.127. The van der Waals surface area contributed by atoms with E-state index in [-0.39, 0.29) is 17.1 Å². The lowest BCUT2D eigenvalue weighted by Gasteiger charge is -2.36. The molecule has 0 saturated carbocycles. The van der Waals surface area contributed by atoms with E-state index in [1.165, 1.54) is 6.92 Å². The highest BCUT2D eigenvalue weighted by Crippen LogP contribution is 2.42. The molecule has 0 aromatic heterocycles. The van der Waals surface area contributed by atoms with Crippen LogP contribution in [0.2, 0.25) is 5.02 Å². The molecule has 0 unspecified atom stereocenters. The molecule has 0 heterocycles.